The minimum Gasteiger partial charge on any atom is -0.476 e. The molecule has 5 heteroatoms. The Kier molecular flexibility index (Phi) is 2.10. The molecular formula is C13H11N3O2. The van der Waals surface area contributed by atoms with Crippen molar-refractivity contribution in [2.75, 3.05) is 0 Å². The Morgan fingerprint density at radius 1 is 1.22 bits per heavy atom. The molecule has 0 aliphatic heterocycles. The van der Waals surface area contributed by atoms with Crippen LogP contribution in [-0.2, 0) is 0 Å². The molecule has 0 spiro atoms. The molecule has 5 nitrogen and oxygen atoms in total. The molecule has 2 heterocycles. The topological polar surface area (TPSA) is 67.5 Å². The number of hydrogen-bond donors (Lipinski definition) is 1. The van der Waals surface area contributed by atoms with Crippen LogP contribution in [0.3, 0.4) is 0 Å². The Labute approximate surface area is 103 Å². The van der Waals surface area contributed by atoms with Gasteiger partial charge < -0.3 is 5.11 Å². The highest BCUT2D eigenvalue weighted by Crippen LogP contribution is 2.22. The second-order valence-corrected chi connectivity index (χ2v) is 4.18. The van der Waals surface area contributed by atoms with E-state index in [4.69, 9.17) is 0 Å². The minimum absolute atomic E-state index is 0.0480. The van der Waals surface area contributed by atoms with Gasteiger partial charge in [0.1, 0.15) is 11.3 Å². The summed E-state index contributed by atoms with van der Waals surface area (Å²) in [6.07, 6.45) is 0. The lowest BCUT2D eigenvalue weighted by molar-refractivity contribution is 0.0692. The van der Waals surface area contributed by atoms with Gasteiger partial charge in [-0.05, 0) is 26.0 Å². The van der Waals surface area contributed by atoms with Crippen molar-refractivity contribution in [3.8, 4) is 0 Å². The number of carboxylic acids is 1. The van der Waals surface area contributed by atoms with Gasteiger partial charge in [-0.25, -0.2) is 14.8 Å². The number of imidazole rings is 1. The maximum atomic E-state index is 11.3. The number of carbonyl (C=O) groups is 1. The number of hydrogen-bond acceptors (Lipinski definition) is 3. The standard InChI is InChI=1S/C13H11N3O2/c1-7-12-11(13(17)18)15-9-5-3-4-6-10(9)16(12)8(2)14-7/h3-6H,1-2H3,(H,17,18). The van der Waals surface area contributed by atoms with E-state index in [9.17, 15) is 9.90 Å². The molecule has 0 amide bonds. The molecule has 0 saturated carbocycles. The monoisotopic (exact) mass is 241 g/mol. The number of aromatic carboxylic acids is 1. The van der Waals surface area contributed by atoms with Crippen LogP contribution < -0.4 is 0 Å². The molecule has 0 aliphatic carbocycles. The number of rotatable bonds is 1. The van der Waals surface area contributed by atoms with Gasteiger partial charge in [0.25, 0.3) is 0 Å². The quantitative estimate of drug-likeness (QED) is 0.709. The number of nitrogens with zero attached hydrogens (tertiary/aromatic N) is 3. The van der Waals surface area contributed by atoms with Gasteiger partial charge in [0.15, 0.2) is 5.69 Å². The van der Waals surface area contributed by atoms with Crippen LogP contribution in [0, 0.1) is 13.8 Å². The zero-order chi connectivity index (χ0) is 12.9. The summed E-state index contributed by atoms with van der Waals surface area (Å²) in [6.45, 7) is 3.66. The Balaban J connectivity index is 2.65. The minimum atomic E-state index is -1.03. The molecule has 0 aliphatic rings. The summed E-state index contributed by atoms with van der Waals surface area (Å²) in [4.78, 5) is 19.9. The van der Waals surface area contributed by atoms with E-state index in [1.807, 2.05) is 29.5 Å². The Hall–Kier alpha value is -2.43. The van der Waals surface area contributed by atoms with Crippen LogP contribution in [0.15, 0.2) is 24.3 Å². The molecule has 0 unspecified atom stereocenters. The number of carboxylic acid groups (broad SMARTS) is 1. The first-order chi connectivity index (χ1) is 8.59. The average molecular weight is 241 g/mol. The number of aryl methyl sites for hydroxylation is 2. The van der Waals surface area contributed by atoms with Crippen LogP contribution in [0.4, 0.5) is 0 Å². The Morgan fingerprint density at radius 3 is 2.67 bits per heavy atom. The van der Waals surface area contributed by atoms with Crippen molar-refractivity contribution >= 4 is 22.5 Å². The third-order valence-corrected chi connectivity index (χ3v) is 3.00. The first kappa shape index (κ1) is 10.7. The summed E-state index contributed by atoms with van der Waals surface area (Å²) in [6, 6.07) is 7.45. The molecule has 0 saturated heterocycles. The van der Waals surface area contributed by atoms with Crippen LogP contribution in [0.25, 0.3) is 16.6 Å². The van der Waals surface area contributed by atoms with E-state index >= 15 is 0 Å². The van der Waals surface area contributed by atoms with Crippen LogP contribution in [-0.4, -0.2) is 25.4 Å². The van der Waals surface area contributed by atoms with Gasteiger partial charge in [0, 0.05) is 0 Å². The molecule has 2 aromatic heterocycles. The highest BCUT2D eigenvalue weighted by molar-refractivity contribution is 5.97. The van der Waals surface area contributed by atoms with Gasteiger partial charge >= 0.3 is 5.97 Å². The number of fused-ring (bicyclic) bond motifs is 3. The SMILES string of the molecule is Cc1nc(C)n2c1c(C(=O)O)nc1ccccc12. The summed E-state index contributed by atoms with van der Waals surface area (Å²) < 4.78 is 1.85. The molecule has 0 bridgehead atoms. The summed E-state index contributed by atoms with van der Waals surface area (Å²) in [7, 11) is 0. The lowest BCUT2D eigenvalue weighted by atomic mass is 10.2. The number of aromatic nitrogens is 3. The summed E-state index contributed by atoms with van der Waals surface area (Å²) >= 11 is 0. The smallest absolute Gasteiger partial charge is 0.356 e. The number of benzene rings is 1. The van der Waals surface area contributed by atoms with E-state index in [0.29, 0.717) is 16.7 Å². The van der Waals surface area contributed by atoms with Gasteiger partial charge in [-0.2, -0.15) is 0 Å². The lowest BCUT2D eigenvalue weighted by Gasteiger charge is -2.06. The van der Waals surface area contributed by atoms with Crippen LogP contribution in [0.1, 0.15) is 22.0 Å². The van der Waals surface area contributed by atoms with E-state index in [2.05, 4.69) is 9.97 Å². The van der Waals surface area contributed by atoms with E-state index in [1.165, 1.54) is 0 Å². The van der Waals surface area contributed by atoms with Crippen molar-refractivity contribution in [3.63, 3.8) is 0 Å². The molecule has 90 valence electrons. The van der Waals surface area contributed by atoms with Gasteiger partial charge in [-0.15, -0.1) is 0 Å². The zero-order valence-electron chi connectivity index (χ0n) is 10.0. The molecule has 1 aromatic carbocycles. The first-order valence-electron chi connectivity index (χ1n) is 5.57. The molecule has 0 radical (unpaired) electrons. The van der Waals surface area contributed by atoms with E-state index in [1.54, 1.807) is 13.0 Å². The normalized spacial score (nSPS) is 11.2. The molecule has 18 heavy (non-hydrogen) atoms. The van der Waals surface area contributed by atoms with Gasteiger partial charge in [0.05, 0.1) is 16.7 Å². The highest BCUT2D eigenvalue weighted by Gasteiger charge is 2.18. The molecular weight excluding hydrogens is 230 g/mol. The predicted molar refractivity (Wildman–Crippen MR) is 66.9 cm³/mol. The largest absolute Gasteiger partial charge is 0.476 e. The van der Waals surface area contributed by atoms with E-state index < -0.39 is 5.97 Å². The van der Waals surface area contributed by atoms with Crippen molar-refractivity contribution in [2.24, 2.45) is 0 Å². The molecule has 0 fully saturated rings. The van der Waals surface area contributed by atoms with Crippen molar-refractivity contribution in [1.82, 2.24) is 14.4 Å². The maximum absolute atomic E-state index is 11.3. The third kappa shape index (κ3) is 1.30. The van der Waals surface area contributed by atoms with E-state index in [-0.39, 0.29) is 5.69 Å². The first-order valence-corrected chi connectivity index (χ1v) is 5.57. The van der Waals surface area contributed by atoms with Crippen molar-refractivity contribution in [3.05, 3.63) is 41.5 Å². The van der Waals surface area contributed by atoms with Gasteiger partial charge in [0.2, 0.25) is 0 Å². The Morgan fingerprint density at radius 2 is 1.94 bits per heavy atom. The summed E-state index contributed by atoms with van der Waals surface area (Å²) in [5, 5.41) is 9.27. The molecule has 3 rings (SSSR count). The molecule has 3 aromatic rings. The summed E-state index contributed by atoms with van der Waals surface area (Å²) in [5.41, 5.74) is 2.83. The molecule has 0 atom stereocenters. The highest BCUT2D eigenvalue weighted by atomic mass is 16.4. The van der Waals surface area contributed by atoms with Gasteiger partial charge in [-0.3, -0.25) is 4.40 Å². The van der Waals surface area contributed by atoms with Crippen molar-refractivity contribution in [2.45, 2.75) is 13.8 Å². The van der Waals surface area contributed by atoms with Crippen molar-refractivity contribution < 1.29 is 9.90 Å². The zero-order valence-corrected chi connectivity index (χ0v) is 10.0. The fourth-order valence-corrected chi connectivity index (χ4v) is 2.31. The lowest BCUT2D eigenvalue weighted by Crippen LogP contribution is -2.06. The van der Waals surface area contributed by atoms with Gasteiger partial charge in [-0.1, -0.05) is 12.1 Å². The molecule has 1 N–H and O–H groups in total. The van der Waals surface area contributed by atoms with Crippen LogP contribution in [0.2, 0.25) is 0 Å². The fourth-order valence-electron chi connectivity index (χ4n) is 2.31. The summed E-state index contributed by atoms with van der Waals surface area (Å²) in [5.74, 6) is -0.266. The average Bonchev–Trinajstić information content (AvgIpc) is 2.64. The maximum Gasteiger partial charge on any atom is 0.356 e. The Bertz CT molecular complexity index is 790. The van der Waals surface area contributed by atoms with E-state index in [0.717, 1.165) is 11.3 Å². The second kappa shape index (κ2) is 3.53. The number of para-hydroxylation sites is 2. The second-order valence-electron chi connectivity index (χ2n) is 4.18. The third-order valence-electron chi connectivity index (χ3n) is 3.00. The van der Waals surface area contributed by atoms with Crippen LogP contribution >= 0.6 is 0 Å². The van der Waals surface area contributed by atoms with Crippen LogP contribution in [0.5, 0.6) is 0 Å². The fraction of sp³-hybridized carbons (Fsp3) is 0.154. The van der Waals surface area contributed by atoms with Crippen molar-refractivity contribution in [1.29, 1.82) is 0 Å². The predicted octanol–water partition coefficient (Wildman–Crippen LogP) is 2.20.